The van der Waals surface area contributed by atoms with Crippen LogP contribution in [-0.4, -0.2) is 118 Å². The predicted molar refractivity (Wildman–Crippen MR) is 229 cm³/mol. The lowest BCUT2D eigenvalue weighted by atomic mass is 10.5. The molecule has 0 aromatic heterocycles. The Bertz CT molecular complexity index is 781. The van der Waals surface area contributed by atoms with Crippen LogP contribution in [0.2, 0.25) is 117 Å². The Kier molecular flexibility index (Phi) is 30.0. The highest BCUT2D eigenvalue weighted by Crippen LogP contribution is 2.30. The first kappa shape index (κ1) is 59.6. The van der Waals surface area contributed by atoms with Crippen LogP contribution in [0.15, 0.2) is 0 Å². The summed E-state index contributed by atoms with van der Waals surface area (Å²) in [4.78, 5) is 0. The van der Waals surface area contributed by atoms with Gasteiger partial charge in [0.1, 0.15) is 0 Å². The molecule has 0 aliphatic rings. The fourth-order valence-corrected chi connectivity index (χ4v) is 46.4. The molecule has 0 unspecified atom stereocenters. The monoisotopic (exact) mass is 846 g/mol. The van der Waals surface area contributed by atoms with Crippen LogP contribution in [0.25, 0.3) is 0 Å². The van der Waals surface area contributed by atoms with Crippen LogP contribution < -0.4 is 0 Å². The van der Waals surface area contributed by atoms with Crippen molar-refractivity contribution in [1.29, 1.82) is 0 Å². The van der Waals surface area contributed by atoms with Crippen LogP contribution in [0.1, 0.15) is 42.5 Å². The summed E-state index contributed by atoms with van der Waals surface area (Å²) >= 11 is 0. The van der Waals surface area contributed by atoms with Crippen LogP contribution in [0.5, 0.6) is 0 Å². The van der Waals surface area contributed by atoms with Gasteiger partial charge in [-0.3, -0.25) is 0 Å². The normalized spacial score (nSPS) is 13.6. The average molecular weight is 848 g/mol. The maximum atomic E-state index is 8.91. The van der Waals surface area contributed by atoms with Gasteiger partial charge >= 0.3 is 51.4 Å². The Balaban J connectivity index is -0.00000161. The van der Waals surface area contributed by atoms with Gasteiger partial charge in [-0.1, -0.05) is 29.7 Å². The first-order chi connectivity index (χ1) is 20.1. The molecule has 0 saturated heterocycles. The number of ether oxygens (including phenoxy) is 2. The van der Waals surface area contributed by atoms with Crippen molar-refractivity contribution in [1.82, 2.24) is 0 Å². The molecule has 0 bridgehead atoms. The molecule has 49 heavy (non-hydrogen) atoms. The molecule has 2 N–H and O–H groups in total. The van der Waals surface area contributed by atoms with E-state index in [1.807, 2.05) is 0 Å². The predicted octanol–water partition coefficient (Wildman–Crippen LogP) is 9.07. The minimum absolute atomic E-state index is 0. The topological polar surface area (TPSA) is 124 Å². The number of hydrogen-bond donors (Lipinski definition) is 2. The van der Waals surface area contributed by atoms with Crippen molar-refractivity contribution in [3.05, 3.63) is 0 Å². The summed E-state index contributed by atoms with van der Waals surface area (Å²) in [5.41, 5.74) is 0. The second kappa shape index (κ2) is 24.7. The van der Waals surface area contributed by atoms with E-state index in [4.69, 9.17) is 48.5 Å². The van der Waals surface area contributed by atoms with Crippen molar-refractivity contribution in [3.63, 3.8) is 0 Å². The molecular weight excluding hydrogens is 761 g/mol. The number of hydrogen-bond acceptors (Lipinski definition) is 11. The van der Waals surface area contributed by atoms with E-state index in [0.29, 0.717) is 26.4 Å². The molecule has 11 nitrogen and oxygen atoms in total. The van der Waals surface area contributed by atoms with E-state index in [-0.39, 0.29) is 42.9 Å². The minimum Gasteiger partial charge on any atom is -0.436 e. The quantitative estimate of drug-likeness (QED) is 0.0641. The summed E-state index contributed by atoms with van der Waals surface area (Å²) in [7, 11) is -19.4. The maximum absolute atomic E-state index is 8.91. The van der Waals surface area contributed by atoms with Crippen LogP contribution in [0.4, 0.5) is 0 Å². The lowest BCUT2D eigenvalue weighted by molar-refractivity contribution is 0.0923. The van der Waals surface area contributed by atoms with Crippen LogP contribution >= 0.6 is 0 Å². The highest BCUT2D eigenvalue weighted by atomic mass is 28.5. The van der Waals surface area contributed by atoms with Crippen molar-refractivity contribution in [2.45, 2.75) is 159 Å². The first-order valence-electron chi connectivity index (χ1n) is 16.4. The fraction of sp³-hybridized carbons (Fsp3) is 1.00. The van der Waals surface area contributed by atoms with Gasteiger partial charge in [0.15, 0.2) is 16.6 Å². The van der Waals surface area contributed by atoms with E-state index in [1.165, 1.54) is 0 Å². The number of rotatable bonds is 26. The Labute approximate surface area is 314 Å². The second-order valence-corrected chi connectivity index (χ2v) is 46.1. The molecule has 0 fully saturated rings. The SMILES string of the molecule is C.C.C.C.C[Si](C)(CCCOCCO)O[Si](C)(C)O[Si](C)(C)O[Si](C)(C)O[Si](C)(C)O[Si](C)(C)O[Si](C)(C)O[Si](C)(C)CCCOCCO. The Morgan fingerprint density at radius 1 is 0.327 bits per heavy atom. The second-order valence-electron chi connectivity index (χ2n) is 15.5. The molecule has 0 aliphatic carbocycles. The zero-order valence-electron chi connectivity index (χ0n) is 31.6. The van der Waals surface area contributed by atoms with Gasteiger partial charge in [-0.15, -0.1) is 0 Å². The molecule has 19 heteroatoms. The highest BCUT2D eigenvalue weighted by molar-refractivity contribution is 6.92. The third-order valence-corrected chi connectivity index (χ3v) is 37.2. The number of aliphatic hydroxyl groups excluding tert-OH is 2. The zero-order chi connectivity index (χ0) is 35.4. The summed E-state index contributed by atoms with van der Waals surface area (Å²) in [6.45, 7) is 36.0. The van der Waals surface area contributed by atoms with E-state index in [0.717, 1.165) is 24.9 Å². The van der Waals surface area contributed by atoms with Gasteiger partial charge in [0, 0.05) is 13.2 Å². The molecule has 0 amide bonds. The minimum atomic E-state index is -2.65. The fourth-order valence-electron chi connectivity index (χ4n) is 6.05. The Morgan fingerprint density at radius 3 is 0.735 bits per heavy atom. The van der Waals surface area contributed by atoms with E-state index in [9.17, 15) is 0 Å². The third-order valence-electron chi connectivity index (χ3n) is 6.11. The molecule has 0 saturated carbocycles. The maximum Gasteiger partial charge on any atom is 0.314 e. The van der Waals surface area contributed by atoms with Gasteiger partial charge in [-0.2, -0.15) is 0 Å². The summed E-state index contributed by atoms with van der Waals surface area (Å²) < 4.78 is 57.9. The average Bonchev–Trinajstić information content (AvgIpc) is 2.72. The lowest BCUT2D eigenvalue weighted by Crippen LogP contribution is -2.61. The lowest BCUT2D eigenvalue weighted by Gasteiger charge is -2.44. The Morgan fingerprint density at radius 2 is 0.531 bits per heavy atom. The van der Waals surface area contributed by atoms with Gasteiger partial charge in [0.25, 0.3) is 0 Å². The van der Waals surface area contributed by atoms with Crippen molar-refractivity contribution in [2.24, 2.45) is 0 Å². The molecule has 304 valence electrons. The van der Waals surface area contributed by atoms with Crippen molar-refractivity contribution in [2.75, 3.05) is 39.6 Å². The van der Waals surface area contributed by atoms with E-state index in [2.05, 4.69) is 105 Å². The van der Waals surface area contributed by atoms with Crippen LogP contribution in [0, 0.1) is 0 Å². The molecule has 0 aromatic rings. The molecule has 0 aromatic carbocycles. The van der Waals surface area contributed by atoms with Crippen molar-refractivity contribution >= 4 is 68.0 Å². The highest BCUT2D eigenvalue weighted by Gasteiger charge is 2.49. The largest absolute Gasteiger partial charge is 0.436 e. The van der Waals surface area contributed by atoms with Gasteiger partial charge < -0.3 is 48.5 Å². The molecular formula is C30H86O11Si8. The summed E-state index contributed by atoms with van der Waals surface area (Å²) in [6.07, 6.45) is 1.82. The Hall–Kier alpha value is 1.30. The molecule has 0 aliphatic heterocycles. The van der Waals surface area contributed by atoms with E-state index >= 15 is 0 Å². The zero-order valence-corrected chi connectivity index (χ0v) is 39.6. The molecule has 0 atom stereocenters. The first-order valence-corrected chi connectivity index (χ1v) is 39.5. The van der Waals surface area contributed by atoms with Crippen molar-refractivity contribution < 1.29 is 48.5 Å². The smallest absolute Gasteiger partial charge is 0.314 e. The molecule has 0 heterocycles. The van der Waals surface area contributed by atoms with Gasteiger partial charge in [-0.25, -0.2) is 0 Å². The van der Waals surface area contributed by atoms with E-state index in [1.54, 1.807) is 0 Å². The van der Waals surface area contributed by atoms with Gasteiger partial charge in [0.2, 0.25) is 0 Å². The van der Waals surface area contributed by atoms with Crippen molar-refractivity contribution in [3.8, 4) is 0 Å². The van der Waals surface area contributed by atoms with Gasteiger partial charge in [0.05, 0.1) is 26.4 Å². The molecule has 0 radical (unpaired) electrons. The summed E-state index contributed by atoms with van der Waals surface area (Å²) in [5, 5.41) is 17.8. The van der Waals surface area contributed by atoms with Crippen LogP contribution in [-0.2, 0) is 38.3 Å². The summed E-state index contributed by atoms with van der Waals surface area (Å²) in [6, 6.07) is 1.93. The standard InChI is InChI=1S/C26H70O11Si8.4CH4/c1-38(2,25-17-21-29-23-19-27)31-40(5,6)33-42(9,10)35-44(13,14)37-45(15,16)36-43(11,12)34-41(7,8)32-39(3,4)26-18-22-30-24-20-28;;;;/h27-28H,17-26H2,1-16H3;4*1H4. The summed E-state index contributed by atoms with van der Waals surface area (Å²) in [5.74, 6) is 0. The van der Waals surface area contributed by atoms with Crippen LogP contribution in [0.3, 0.4) is 0 Å². The molecule has 0 rings (SSSR count). The van der Waals surface area contributed by atoms with Gasteiger partial charge in [-0.05, 0) is 130 Å². The third kappa shape index (κ3) is 31.4. The number of aliphatic hydroxyl groups is 2. The molecule has 0 spiro atoms. The van der Waals surface area contributed by atoms with E-state index < -0.39 is 68.0 Å².